The lowest BCUT2D eigenvalue weighted by atomic mass is 9.90. The zero-order chi connectivity index (χ0) is 14.7. The van der Waals surface area contributed by atoms with Crippen molar-refractivity contribution in [3.05, 3.63) is 65.7 Å². The van der Waals surface area contributed by atoms with Gasteiger partial charge in [-0.3, -0.25) is 0 Å². The normalized spacial score (nSPS) is 16.2. The molecule has 1 fully saturated rings. The third kappa shape index (κ3) is 3.41. The molecule has 1 aliphatic rings. The van der Waals surface area contributed by atoms with Gasteiger partial charge in [0.15, 0.2) is 11.6 Å². The van der Waals surface area contributed by atoms with Gasteiger partial charge in [0.1, 0.15) is 0 Å². The van der Waals surface area contributed by atoms with Gasteiger partial charge in [0.2, 0.25) is 0 Å². The summed E-state index contributed by atoms with van der Waals surface area (Å²) in [6, 6.07) is 14.7. The summed E-state index contributed by atoms with van der Waals surface area (Å²) in [5.41, 5.74) is 2.16. The fourth-order valence-corrected chi connectivity index (χ4v) is 3.02. The lowest BCUT2D eigenvalue weighted by Gasteiger charge is -2.33. The number of rotatable bonds is 3. The van der Waals surface area contributed by atoms with Crippen LogP contribution in [0, 0.1) is 17.6 Å². The van der Waals surface area contributed by atoms with Gasteiger partial charge in [-0.1, -0.05) is 30.3 Å². The average Bonchev–Trinajstić information content (AvgIpc) is 2.52. The van der Waals surface area contributed by atoms with Crippen LogP contribution in [0.1, 0.15) is 18.4 Å². The number of halogens is 2. The van der Waals surface area contributed by atoms with Crippen molar-refractivity contribution < 1.29 is 8.78 Å². The van der Waals surface area contributed by atoms with Gasteiger partial charge in [0, 0.05) is 24.8 Å². The molecule has 3 heteroatoms. The standard InChI is InChI=1S/C18H19F2N/c19-17-7-6-16(13-18(17)20)21-10-8-15(9-11-21)12-14-4-2-1-3-5-14/h1-7,13,15H,8-12H2. The zero-order valence-corrected chi connectivity index (χ0v) is 11.9. The molecule has 0 bridgehead atoms. The van der Waals surface area contributed by atoms with Gasteiger partial charge in [-0.25, -0.2) is 8.78 Å². The van der Waals surface area contributed by atoms with Crippen LogP contribution < -0.4 is 4.90 Å². The molecule has 0 amide bonds. The summed E-state index contributed by atoms with van der Waals surface area (Å²) >= 11 is 0. The molecule has 3 rings (SSSR count). The van der Waals surface area contributed by atoms with E-state index < -0.39 is 11.6 Å². The summed E-state index contributed by atoms with van der Waals surface area (Å²) in [4.78, 5) is 2.14. The van der Waals surface area contributed by atoms with Crippen LogP contribution in [0.3, 0.4) is 0 Å². The Hall–Kier alpha value is -1.90. The molecule has 2 aromatic carbocycles. The first-order chi connectivity index (χ1) is 10.2. The Labute approximate surface area is 124 Å². The highest BCUT2D eigenvalue weighted by molar-refractivity contribution is 5.47. The maximum Gasteiger partial charge on any atom is 0.160 e. The van der Waals surface area contributed by atoms with Crippen LogP contribution in [-0.4, -0.2) is 13.1 Å². The largest absolute Gasteiger partial charge is 0.371 e. The molecule has 110 valence electrons. The average molecular weight is 287 g/mol. The van der Waals surface area contributed by atoms with E-state index >= 15 is 0 Å². The number of anilines is 1. The van der Waals surface area contributed by atoms with Crippen LogP contribution >= 0.6 is 0 Å². The van der Waals surface area contributed by atoms with Crippen molar-refractivity contribution in [3.8, 4) is 0 Å². The Kier molecular flexibility index (Phi) is 4.18. The van der Waals surface area contributed by atoms with Crippen LogP contribution in [0.5, 0.6) is 0 Å². The Morgan fingerprint density at radius 1 is 0.905 bits per heavy atom. The second kappa shape index (κ2) is 6.25. The van der Waals surface area contributed by atoms with E-state index in [1.54, 1.807) is 6.07 Å². The minimum Gasteiger partial charge on any atom is -0.371 e. The minimum absolute atomic E-state index is 0.675. The van der Waals surface area contributed by atoms with E-state index in [-0.39, 0.29) is 0 Å². The minimum atomic E-state index is -0.780. The van der Waals surface area contributed by atoms with Crippen LogP contribution in [0.15, 0.2) is 48.5 Å². The molecule has 0 unspecified atom stereocenters. The fourth-order valence-electron chi connectivity index (χ4n) is 3.02. The summed E-state index contributed by atoms with van der Waals surface area (Å²) in [5, 5.41) is 0. The van der Waals surface area contributed by atoms with E-state index in [9.17, 15) is 8.78 Å². The summed E-state index contributed by atoms with van der Waals surface area (Å²) < 4.78 is 26.3. The molecule has 1 nitrogen and oxygen atoms in total. The number of piperidine rings is 1. The topological polar surface area (TPSA) is 3.24 Å². The van der Waals surface area contributed by atoms with Gasteiger partial charge >= 0.3 is 0 Å². The van der Waals surface area contributed by atoms with Crippen LogP contribution in [0.2, 0.25) is 0 Å². The molecule has 0 N–H and O–H groups in total. The highest BCUT2D eigenvalue weighted by Crippen LogP contribution is 2.26. The summed E-state index contributed by atoms with van der Waals surface area (Å²) in [6.07, 6.45) is 3.29. The highest BCUT2D eigenvalue weighted by Gasteiger charge is 2.20. The number of benzene rings is 2. The molecule has 0 radical (unpaired) electrons. The maximum absolute atomic E-state index is 13.3. The van der Waals surface area contributed by atoms with Crippen molar-refractivity contribution in [1.82, 2.24) is 0 Å². The van der Waals surface area contributed by atoms with Crippen molar-refractivity contribution in [2.75, 3.05) is 18.0 Å². The molecule has 21 heavy (non-hydrogen) atoms. The quantitative estimate of drug-likeness (QED) is 0.807. The van der Waals surface area contributed by atoms with Crippen LogP contribution in [0.25, 0.3) is 0 Å². The van der Waals surface area contributed by atoms with E-state index in [4.69, 9.17) is 0 Å². The van der Waals surface area contributed by atoms with Gasteiger partial charge in [-0.15, -0.1) is 0 Å². The maximum atomic E-state index is 13.3. The molecule has 0 aromatic heterocycles. The monoisotopic (exact) mass is 287 g/mol. The molecular formula is C18H19F2N. The molecule has 1 aliphatic heterocycles. The summed E-state index contributed by atoms with van der Waals surface area (Å²) in [5.74, 6) is -0.870. The number of hydrogen-bond acceptors (Lipinski definition) is 1. The predicted octanol–water partition coefficient (Wildman–Crippen LogP) is 4.42. The van der Waals surface area contributed by atoms with Crippen LogP contribution in [0.4, 0.5) is 14.5 Å². The zero-order valence-electron chi connectivity index (χ0n) is 11.9. The SMILES string of the molecule is Fc1ccc(N2CCC(Cc3ccccc3)CC2)cc1F. The van der Waals surface area contributed by atoms with E-state index in [1.165, 1.54) is 17.7 Å². The highest BCUT2D eigenvalue weighted by atomic mass is 19.2. The summed E-state index contributed by atoms with van der Waals surface area (Å²) in [6.45, 7) is 1.81. The van der Waals surface area contributed by atoms with E-state index in [0.717, 1.165) is 38.0 Å². The van der Waals surface area contributed by atoms with Crippen molar-refractivity contribution in [3.63, 3.8) is 0 Å². The second-order valence-corrected chi connectivity index (χ2v) is 5.72. The van der Waals surface area contributed by atoms with Crippen LogP contribution in [-0.2, 0) is 6.42 Å². The Morgan fingerprint density at radius 3 is 2.29 bits per heavy atom. The number of hydrogen-bond donors (Lipinski definition) is 0. The third-order valence-electron chi connectivity index (χ3n) is 4.25. The van der Waals surface area contributed by atoms with Crippen molar-refractivity contribution in [2.45, 2.75) is 19.3 Å². The molecule has 0 aliphatic carbocycles. The van der Waals surface area contributed by atoms with Gasteiger partial charge in [0.05, 0.1) is 0 Å². The van der Waals surface area contributed by atoms with Crippen molar-refractivity contribution in [2.24, 2.45) is 5.92 Å². The van der Waals surface area contributed by atoms with Gasteiger partial charge in [0.25, 0.3) is 0 Å². The molecular weight excluding hydrogens is 268 g/mol. The predicted molar refractivity (Wildman–Crippen MR) is 81.4 cm³/mol. The molecule has 2 aromatic rings. The molecule has 0 atom stereocenters. The second-order valence-electron chi connectivity index (χ2n) is 5.72. The smallest absolute Gasteiger partial charge is 0.160 e. The Bertz CT molecular complexity index is 589. The van der Waals surface area contributed by atoms with Gasteiger partial charge < -0.3 is 4.90 Å². The summed E-state index contributed by atoms with van der Waals surface area (Å²) in [7, 11) is 0. The lowest BCUT2D eigenvalue weighted by Crippen LogP contribution is -2.34. The third-order valence-corrected chi connectivity index (χ3v) is 4.25. The number of nitrogens with zero attached hydrogens (tertiary/aromatic N) is 1. The van der Waals surface area contributed by atoms with Gasteiger partial charge in [-0.05, 0) is 42.9 Å². The first kappa shape index (κ1) is 14.1. The van der Waals surface area contributed by atoms with E-state index in [1.807, 2.05) is 6.07 Å². The Balaban J connectivity index is 1.58. The molecule has 0 spiro atoms. The van der Waals surface area contributed by atoms with Gasteiger partial charge in [-0.2, -0.15) is 0 Å². The van der Waals surface area contributed by atoms with E-state index in [2.05, 4.69) is 29.2 Å². The van der Waals surface area contributed by atoms with E-state index in [0.29, 0.717) is 5.92 Å². The van der Waals surface area contributed by atoms with Crippen molar-refractivity contribution >= 4 is 5.69 Å². The first-order valence-corrected chi connectivity index (χ1v) is 7.46. The first-order valence-electron chi connectivity index (χ1n) is 7.46. The van der Waals surface area contributed by atoms with Crippen molar-refractivity contribution in [1.29, 1.82) is 0 Å². The molecule has 1 saturated heterocycles. The Morgan fingerprint density at radius 2 is 1.62 bits per heavy atom. The molecule has 1 heterocycles. The lowest BCUT2D eigenvalue weighted by molar-refractivity contribution is 0.403. The fraction of sp³-hybridized carbons (Fsp3) is 0.333. The molecule has 0 saturated carbocycles.